The largest absolute Gasteiger partial charge is 0.478 e. The number of thioether (sulfide) groups is 1. The molecule has 4 heteroatoms. The average Bonchev–Trinajstić information content (AvgIpc) is 2.08. The minimum Gasteiger partial charge on any atom is -0.478 e. The van der Waals surface area contributed by atoms with Crippen LogP contribution in [0.1, 0.15) is 15.9 Å². The molecule has 0 aliphatic rings. The van der Waals surface area contributed by atoms with Gasteiger partial charge >= 0.3 is 5.97 Å². The molecule has 0 aromatic heterocycles. The van der Waals surface area contributed by atoms with E-state index in [2.05, 4.69) is 0 Å². The van der Waals surface area contributed by atoms with Crippen molar-refractivity contribution in [1.82, 2.24) is 0 Å². The van der Waals surface area contributed by atoms with Crippen molar-refractivity contribution in [3.05, 3.63) is 23.3 Å². The van der Waals surface area contributed by atoms with E-state index in [1.165, 1.54) is 11.8 Å². The van der Waals surface area contributed by atoms with Crippen molar-refractivity contribution in [2.24, 2.45) is 0 Å². The van der Waals surface area contributed by atoms with Crippen LogP contribution in [-0.2, 0) is 0 Å². The summed E-state index contributed by atoms with van der Waals surface area (Å²) in [5.74, 6) is -0.910. The van der Waals surface area contributed by atoms with Gasteiger partial charge in [0, 0.05) is 10.6 Å². The summed E-state index contributed by atoms with van der Waals surface area (Å²) < 4.78 is 0. The lowest BCUT2D eigenvalue weighted by molar-refractivity contribution is 0.0693. The summed E-state index contributed by atoms with van der Waals surface area (Å²) in [5, 5.41) is 8.86. The van der Waals surface area contributed by atoms with Gasteiger partial charge in [-0.15, -0.1) is 11.8 Å². The van der Waals surface area contributed by atoms with Crippen molar-refractivity contribution in [1.29, 1.82) is 0 Å². The average molecular weight is 197 g/mol. The second-order valence-electron chi connectivity index (χ2n) is 2.71. The number of benzene rings is 1. The normalized spacial score (nSPS) is 10.0. The molecular formula is C9H11NO2S. The Kier molecular flexibility index (Phi) is 2.83. The van der Waals surface area contributed by atoms with Gasteiger partial charge in [-0.2, -0.15) is 0 Å². The van der Waals surface area contributed by atoms with Gasteiger partial charge in [-0.3, -0.25) is 0 Å². The first-order chi connectivity index (χ1) is 6.06. The number of nitrogen functional groups attached to an aromatic ring is 1. The fraction of sp³-hybridized carbons (Fsp3) is 0.222. The van der Waals surface area contributed by atoms with Crippen LogP contribution in [0.4, 0.5) is 5.69 Å². The van der Waals surface area contributed by atoms with Gasteiger partial charge in [-0.05, 0) is 30.9 Å². The number of hydrogen-bond donors (Lipinski definition) is 2. The molecule has 0 saturated heterocycles. The lowest BCUT2D eigenvalue weighted by Crippen LogP contribution is -2.01. The fourth-order valence-corrected chi connectivity index (χ4v) is 1.65. The van der Waals surface area contributed by atoms with E-state index in [4.69, 9.17) is 10.8 Å². The summed E-state index contributed by atoms with van der Waals surface area (Å²) in [6, 6.07) is 3.30. The van der Waals surface area contributed by atoms with E-state index in [9.17, 15) is 4.79 Å². The van der Waals surface area contributed by atoms with Crippen molar-refractivity contribution >= 4 is 23.4 Å². The molecular weight excluding hydrogens is 186 g/mol. The first-order valence-electron chi connectivity index (χ1n) is 3.73. The number of hydrogen-bond acceptors (Lipinski definition) is 3. The first kappa shape index (κ1) is 9.92. The van der Waals surface area contributed by atoms with Gasteiger partial charge in [-0.25, -0.2) is 4.79 Å². The van der Waals surface area contributed by atoms with E-state index in [0.29, 0.717) is 16.1 Å². The Balaban J connectivity index is 3.33. The quantitative estimate of drug-likeness (QED) is 0.562. The van der Waals surface area contributed by atoms with E-state index < -0.39 is 5.97 Å². The highest BCUT2D eigenvalue weighted by atomic mass is 32.2. The molecule has 70 valence electrons. The van der Waals surface area contributed by atoms with E-state index in [0.717, 1.165) is 5.56 Å². The smallest absolute Gasteiger partial charge is 0.336 e. The zero-order chi connectivity index (χ0) is 10.0. The topological polar surface area (TPSA) is 63.3 Å². The molecule has 13 heavy (non-hydrogen) atoms. The highest BCUT2D eigenvalue weighted by molar-refractivity contribution is 7.98. The minimum atomic E-state index is -0.910. The molecule has 0 radical (unpaired) electrons. The summed E-state index contributed by atoms with van der Waals surface area (Å²) in [7, 11) is 0. The summed E-state index contributed by atoms with van der Waals surface area (Å²) in [5.41, 5.74) is 7.41. The third-order valence-corrected chi connectivity index (χ3v) is 2.60. The number of nitrogens with two attached hydrogens (primary N) is 1. The van der Waals surface area contributed by atoms with Gasteiger partial charge in [0.05, 0.1) is 5.56 Å². The summed E-state index contributed by atoms with van der Waals surface area (Å²) in [6.45, 7) is 1.80. The van der Waals surface area contributed by atoms with Gasteiger partial charge in [-0.1, -0.05) is 0 Å². The van der Waals surface area contributed by atoms with E-state index in [1.54, 1.807) is 19.1 Å². The van der Waals surface area contributed by atoms with Crippen LogP contribution < -0.4 is 5.73 Å². The highest BCUT2D eigenvalue weighted by Crippen LogP contribution is 2.25. The summed E-state index contributed by atoms with van der Waals surface area (Å²) >= 11 is 1.39. The molecule has 0 unspecified atom stereocenters. The molecule has 0 bridgehead atoms. The number of rotatable bonds is 2. The van der Waals surface area contributed by atoms with Crippen LogP contribution in [0.2, 0.25) is 0 Å². The molecule has 1 rings (SSSR count). The van der Waals surface area contributed by atoms with E-state index >= 15 is 0 Å². The van der Waals surface area contributed by atoms with Crippen LogP contribution in [0.25, 0.3) is 0 Å². The zero-order valence-corrected chi connectivity index (χ0v) is 8.31. The number of carbonyl (C=O) groups is 1. The van der Waals surface area contributed by atoms with Crippen LogP contribution in [0.5, 0.6) is 0 Å². The van der Waals surface area contributed by atoms with Gasteiger partial charge in [0.25, 0.3) is 0 Å². The maximum atomic E-state index is 10.8. The van der Waals surface area contributed by atoms with Gasteiger partial charge in [0.15, 0.2) is 0 Å². The third kappa shape index (κ3) is 1.95. The number of carboxylic acid groups (broad SMARTS) is 1. The molecule has 1 aromatic rings. The molecule has 0 heterocycles. The molecule has 0 aliphatic heterocycles. The SMILES string of the molecule is CSc1cc(N)c(C)cc1C(=O)O. The van der Waals surface area contributed by atoms with Gasteiger partial charge in [0.1, 0.15) is 0 Å². The molecule has 0 saturated carbocycles. The second kappa shape index (κ2) is 3.70. The Morgan fingerprint density at radius 3 is 2.62 bits per heavy atom. The summed E-state index contributed by atoms with van der Waals surface area (Å²) in [4.78, 5) is 11.5. The predicted octanol–water partition coefficient (Wildman–Crippen LogP) is 2.00. The molecule has 0 spiro atoms. The fourth-order valence-electron chi connectivity index (χ4n) is 1.04. The summed E-state index contributed by atoms with van der Waals surface area (Å²) in [6.07, 6.45) is 1.83. The molecule has 3 N–H and O–H groups in total. The van der Waals surface area contributed by atoms with Gasteiger partial charge in [0.2, 0.25) is 0 Å². The van der Waals surface area contributed by atoms with Gasteiger partial charge < -0.3 is 10.8 Å². The van der Waals surface area contributed by atoms with Crippen LogP contribution >= 0.6 is 11.8 Å². The van der Waals surface area contributed by atoms with Crippen LogP contribution in [0, 0.1) is 6.92 Å². The van der Waals surface area contributed by atoms with Crippen molar-refractivity contribution < 1.29 is 9.90 Å². The van der Waals surface area contributed by atoms with Crippen molar-refractivity contribution in [2.45, 2.75) is 11.8 Å². The number of anilines is 1. The van der Waals surface area contributed by atoms with Crippen molar-refractivity contribution in [3.8, 4) is 0 Å². The van der Waals surface area contributed by atoms with E-state index in [1.807, 2.05) is 6.26 Å². The number of carboxylic acids is 1. The molecule has 0 atom stereocenters. The lowest BCUT2D eigenvalue weighted by atomic mass is 10.1. The monoisotopic (exact) mass is 197 g/mol. The van der Waals surface area contributed by atoms with Crippen LogP contribution in [0.3, 0.4) is 0 Å². The Morgan fingerprint density at radius 1 is 1.54 bits per heavy atom. The van der Waals surface area contributed by atoms with Crippen molar-refractivity contribution in [3.63, 3.8) is 0 Å². The Bertz CT molecular complexity index is 350. The number of aromatic carboxylic acids is 1. The molecule has 0 amide bonds. The Morgan fingerprint density at radius 2 is 2.15 bits per heavy atom. The van der Waals surface area contributed by atoms with E-state index in [-0.39, 0.29) is 0 Å². The maximum absolute atomic E-state index is 10.8. The molecule has 0 fully saturated rings. The Hall–Kier alpha value is -1.16. The number of aryl methyl sites for hydroxylation is 1. The predicted molar refractivity (Wildman–Crippen MR) is 54.3 cm³/mol. The third-order valence-electron chi connectivity index (χ3n) is 1.82. The van der Waals surface area contributed by atoms with Crippen LogP contribution in [0.15, 0.2) is 17.0 Å². The molecule has 0 aliphatic carbocycles. The standard InChI is InChI=1S/C9H11NO2S/c1-5-3-6(9(11)12)8(13-2)4-7(5)10/h3-4H,10H2,1-2H3,(H,11,12). The highest BCUT2D eigenvalue weighted by Gasteiger charge is 2.10. The lowest BCUT2D eigenvalue weighted by Gasteiger charge is -2.06. The molecule has 3 nitrogen and oxygen atoms in total. The second-order valence-corrected chi connectivity index (χ2v) is 3.56. The molecule has 1 aromatic carbocycles. The Labute approximate surface area is 80.9 Å². The first-order valence-corrected chi connectivity index (χ1v) is 4.96. The van der Waals surface area contributed by atoms with Crippen molar-refractivity contribution in [2.75, 3.05) is 12.0 Å². The minimum absolute atomic E-state index is 0.319. The van der Waals surface area contributed by atoms with Crippen LogP contribution in [-0.4, -0.2) is 17.3 Å². The maximum Gasteiger partial charge on any atom is 0.336 e. The zero-order valence-electron chi connectivity index (χ0n) is 7.50.